The molecule has 1 aromatic carbocycles. The van der Waals surface area contributed by atoms with Crippen LogP contribution in [0.2, 0.25) is 0 Å². The molecule has 1 saturated carbocycles. The van der Waals surface area contributed by atoms with Crippen molar-refractivity contribution in [1.29, 1.82) is 0 Å². The molecule has 1 unspecified atom stereocenters. The summed E-state index contributed by atoms with van der Waals surface area (Å²) in [5, 5.41) is 19.0. The summed E-state index contributed by atoms with van der Waals surface area (Å²) in [6.07, 6.45) is 6.76. The van der Waals surface area contributed by atoms with Gasteiger partial charge < -0.3 is 9.67 Å². The summed E-state index contributed by atoms with van der Waals surface area (Å²) < 4.78 is 2.15. The van der Waals surface area contributed by atoms with Crippen LogP contribution in [0.4, 0.5) is 0 Å². The van der Waals surface area contributed by atoms with E-state index in [1.54, 1.807) is 0 Å². The van der Waals surface area contributed by atoms with Crippen LogP contribution in [0, 0.1) is 6.92 Å². The number of aliphatic hydroxyl groups excluding tert-OH is 1. The summed E-state index contributed by atoms with van der Waals surface area (Å²) in [5.41, 5.74) is 4.92. The maximum Gasteiger partial charge on any atom is 0.143 e. The van der Waals surface area contributed by atoms with Crippen LogP contribution in [0.3, 0.4) is 0 Å². The van der Waals surface area contributed by atoms with Gasteiger partial charge in [0.25, 0.3) is 0 Å². The standard InChI is InChI=1S/C23H26N4OS/c1-16-7-10-24-14-19(16)17-3-5-18(6-4-17)23(8-9-23)21-26-25-20-13-22(2,15-28)29-12-11-27(20)21/h3-7,10,14,28H,8-9,11-13,15H2,1-2H3. The molecule has 0 amide bonds. The van der Waals surface area contributed by atoms with E-state index in [0.29, 0.717) is 0 Å². The van der Waals surface area contributed by atoms with Crippen molar-refractivity contribution >= 4 is 11.8 Å². The van der Waals surface area contributed by atoms with Crippen molar-refractivity contribution in [3.05, 3.63) is 65.5 Å². The predicted octanol–water partition coefficient (Wildman–Crippen LogP) is 3.77. The third kappa shape index (κ3) is 3.19. The molecule has 5 rings (SSSR count). The second-order valence-corrected chi connectivity index (χ2v) is 10.3. The van der Waals surface area contributed by atoms with Crippen LogP contribution in [0.25, 0.3) is 11.1 Å². The second kappa shape index (κ2) is 6.96. The summed E-state index contributed by atoms with van der Waals surface area (Å²) in [7, 11) is 0. The van der Waals surface area contributed by atoms with Gasteiger partial charge in [-0.2, -0.15) is 11.8 Å². The third-order valence-electron chi connectivity index (χ3n) is 6.42. The third-order valence-corrected chi connectivity index (χ3v) is 7.78. The van der Waals surface area contributed by atoms with Gasteiger partial charge in [-0.25, -0.2) is 0 Å². The van der Waals surface area contributed by atoms with Crippen LogP contribution in [-0.2, 0) is 18.4 Å². The van der Waals surface area contributed by atoms with Gasteiger partial charge in [0.05, 0.1) is 12.0 Å². The van der Waals surface area contributed by atoms with Crippen molar-refractivity contribution in [3.63, 3.8) is 0 Å². The van der Waals surface area contributed by atoms with Crippen molar-refractivity contribution in [1.82, 2.24) is 19.7 Å². The Morgan fingerprint density at radius 3 is 2.62 bits per heavy atom. The lowest BCUT2D eigenvalue weighted by Gasteiger charge is -2.23. The smallest absolute Gasteiger partial charge is 0.143 e. The van der Waals surface area contributed by atoms with Crippen molar-refractivity contribution in [3.8, 4) is 11.1 Å². The van der Waals surface area contributed by atoms with Crippen LogP contribution in [0.15, 0.2) is 42.7 Å². The maximum absolute atomic E-state index is 9.81. The highest BCUT2D eigenvalue weighted by Crippen LogP contribution is 2.53. The second-order valence-electron chi connectivity index (χ2n) is 8.57. The molecule has 1 fully saturated rings. The maximum atomic E-state index is 9.81. The molecule has 0 spiro atoms. The molecule has 1 aliphatic carbocycles. The van der Waals surface area contributed by atoms with Crippen molar-refractivity contribution < 1.29 is 5.11 Å². The number of nitrogens with zero attached hydrogens (tertiary/aromatic N) is 4. The summed E-state index contributed by atoms with van der Waals surface area (Å²) in [6.45, 7) is 5.32. The normalized spacial score (nSPS) is 22.7. The average molecular weight is 407 g/mol. The highest BCUT2D eigenvalue weighted by atomic mass is 32.2. The number of benzene rings is 1. The Hall–Kier alpha value is -2.18. The zero-order valence-electron chi connectivity index (χ0n) is 16.9. The summed E-state index contributed by atoms with van der Waals surface area (Å²) in [6, 6.07) is 11.0. The molecular formula is C23H26N4OS. The number of fused-ring (bicyclic) bond motifs is 1. The fourth-order valence-corrected chi connectivity index (χ4v) is 5.52. The Morgan fingerprint density at radius 2 is 1.93 bits per heavy atom. The molecule has 2 aromatic heterocycles. The lowest BCUT2D eigenvalue weighted by molar-refractivity contribution is 0.254. The van der Waals surface area contributed by atoms with E-state index in [9.17, 15) is 5.11 Å². The van der Waals surface area contributed by atoms with Gasteiger partial charge in [-0.15, -0.1) is 10.2 Å². The predicted molar refractivity (Wildman–Crippen MR) is 116 cm³/mol. The first-order valence-electron chi connectivity index (χ1n) is 10.2. The van der Waals surface area contributed by atoms with Crippen molar-refractivity contribution in [2.24, 2.45) is 0 Å². The van der Waals surface area contributed by atoms with Crippen LogP contribution in [0.5, 0.6) is 0 Å². The molecule has 5 nitrogen and oxygen atoms in total. The van der Waals surface area contributed by atoms with E-state index >= 15 is 0 Å². The largest absolute Gasteiger partial charge is 0.395 e. The fraction of sp³-hybridized carbons (Fsp3) is 0.435. The molecular weight excluding hydrogens is 380 g/mol. The van der Waals surface area contributed by atoms with Crippen LogP contribution >= 0.6 is 11.8 Å². The average Bonchev–Trinajstić information content (AvgIpc) is 3.48. The van der Waals surface area contributed by atoms with Gasteiger partial charge in [0.1, 0.15) is 11.6 Å². The first-order valence-corrected chi connectivity index (χ1v) is 11.2. The first-order chi connectivity index (χ1) is 14.0. The SMILES string of the molecule is Cc1ccncc1-c1ccc(C2(c3nnc4n3CCSC(C)(CO)C4)CC2)cc1. The van der Waals surface area contributed by atoms with E-state index < -0.39 is 0 Å². The molecule has 2 aliphatic rings. The van der Waals surface area contributed by atoms with Crippen molar-refractivity contribution in [2.45, 2.75) is 49.8 Å². The molecule has 0 saturated heterocycles. The molecule has 1 atom stereocenters. The van der Waals surface area contributed by atoms with Gasteiger partial charge in [-0.3, -0.25) is 4.98 Å². The summed E-state index contributed by atoms with van der Waals surface area (Å²) in [4.78, 5) is 4.28. The summed E-state index contributed by atoms with van der Waals surface area (Å²) >= 11 is 1.84. The molecule has 29 heavy (non-hydrogen) atoms. The zero-order chi connectivity index (χ0) is 20.1. The minimum atomic E-state index is -0.168. The topological polar surface area (TPSA) is 63.8 Å². The number of thioether (sulfide) groups is 1. The number of hydrogen-bond acceptors (Lipinski definition) is 5. The van der Waals surface area contributed by atoms with Gasteiger partial charge in [0.2, 0.25) is 0 Å². The molecule has 6 heteroatoms. The monoisotopic (exact) mass is 406 g/mol. The fourth-order valence-electron chi connectivity index (χ4n) is 4.43. The molecule has 150 valence electrons. The number of rotatable bonds is 4. The number of aromatic nitrogens is 4. The molecule has 0 radical (unpaired) electrons. The lowest BCUT2D eigenvalue weighted by Crippen LogP contribution is -2.28. The van der Waals surface area contributed by atoms with Crippen LogP contribution < -0.4 is 0 Å². The quantitative estimate of drug-likeness (QED) is 0.715. The van der Waals surface area contributed by atoms with Crippen LogP contribution in [0.1, 0.15) is 42.5 Å². The van der Waals surface area contributed by atoms with Crippen molar-refractivity contribution in [2.75, 3.05) is 12.4 Å². The summed E-state index contributed by atoms with van der Waals surface area (Å²) in [5.74, 6) is 3.08. The highest BCUT2D eigenvalue weighted by molar-refractivity contribution is 8.00. The van der Waals surface area contributed by atoms with Gasteiger partial charge >= 0.3 is 0 Å². The van der Waals surface area contributed by atoms with Gasteiger partial charge in [-0.1, -0.05) is 24.3 Å². The Morgan fingerprint density at radius 1 is 1.14 bits per heavy atom. The van der Waals surface area contributed by atoms with Gasteiger partial charge in [-0.05, 0) is 49.4 Å². The first kappa shape index (κ1) is 18.8. The molecule has 1 N–H and O–H groups in total. The van der Waals surface area contributed by atoms with E-state index in [1.165, 1.54) is 22.3 Å². The molecule has 1 aliphatic heterocycles. The zero-order valence-corrected chi connectivity index (χ0v) is 17.7. The van der Waals surface area contributed by atoms with Gasteiger partial charge in [0.15, 0.2) is 0 Å². The van der Waals surface area contributed by atoms with E-state index in [0.717, 1.165) is 43.2 Å². The molecule has 3 heterocycles. The van der Waals surface area contributed by atoms with E-state index in [1.807, 2.05) is 24.2 Å². The van der Waals surface area contributed by atoms with E-state index in [4.69, 9.17) is 0 Å². The molecule has 3 aromatic rings. The Balaban J connectivity index is 1.48. The number of aryl methyl sites for hydroxylation is 1. The lowest BCUT2D eigenvalue weighted by atomic mass is 9.92. The number of pyridine rings is 1. The minimum absolute atomic E-state index is 0.0155. The molecule has 0 bridgehead atoms. The number of aliphatic hydroxyl groups is 1. The van der Waals surface area contributed by atoms with E-state index in [2.05, 4.69) is 63.9 Å². The Kier molecular flexibility index (Phi) is 4.51. The Bertz CT molecular complexity index is 1040. The minimum Gasteiger partial charge on any atom is -0.395 e. The van der Waals surface area contributed by atoms with E-state index in [-0.39, 0.29) is 16.8 Å². The van der Waals surface area contributed by atoms with Crippen LogP contribution in [-0.4, -0.2) is 42.0 Å². The Labute approximate surface area is 175 Å². The van der Waals surface area contributed by atoms with Gasteiger partial charge in [0, 0.05) is 41.4 Å². The number of hydrogen-bond donors (Lipinski definition) is 1. The highest BCUT2D eigenvalue weighted by Gasteiger charge is 2.50.